The van der Waals surface area contributed by atoms with Crippen LogP contribution in [0, 0.1) is 0 Å². The fourth-order valence-electron chi connectivity index (χ4n) is 1.49. The number of likely N-dealkylation sites (N-methyl/N-ethyl adjacent to an activating group) is 1. The Morgan fingerprint density at radius 3 is 2.73 bits per heavy atom. The van der Waals surface area contributed by atoms with Gasteiger partial charge in [-0.15, -0.1) is 0 Å². The summed E-state index contributed by atoms with van der Waals surface area (Å²) in [7, 11) is 3.46. The lowest BCUT2D eigenvalue weighted by atomic mass is 10.2. The number of ether oxygens (including phenoxy) is 1. The Bertz CT molecular complexity index is 304. The number of nitrogens with two attached hydrogens (primary N) is 1. The van der Waals surface area contributed by atoms with Gasteiger partial charge < -0.3 is 20.5 Å². The Hall–Kier alpha value is -1.26. The minimum Gasteiger partial charge on any atom is -0.397 e. The smallest absolute Gasteiger partial charge is 0.0947 e. The van der Waals surface area contributed by atoms with Gasteiger partial charge in [0.05, 0.1) is 24.1 Å². The number of anilines is 2. The van der Waals surface area contributed by atoms with Gasteiger partial charge in [-0.05, 0) is 12.1 Å². The maximum Gasteiger partial charge on any atom is 0.0947 e. The Morgan fingerprint density at radius 2 is 2.13 bits per heavy atom. The van der Waals surface area contributed by atoms with Crippen molar-refractivity contribution in [1.82, 2.24) is 0 Å². The molecule has 0 spiro atoms. The first-order valence-electron chi connectivity index (χ1n) is 4.87. The second-order valence-electron chi connectivity index (χ2n) is 3.55. The monoisotopic (exact) mass is 210 g/mol. The van der Waals surface area contributed by atoms with Crippen molar-refractivity contribution < 1.29 is 9.84 Å². The van der Waals surface area contributed by atoms with Crippen LogP contribution in [0.2, 0.25) is 0 Å². The first-order chi connectivity index (χ1) is 7.15. The van der Waals surface area contributed by atoms with Crippen molar-refractivity contribution in [2.24, 2.45) is 0 Å². The average Bonchev–Trinajstić information content (AvgIpc) is 2.18. The SMILES string of the molecule is COCC(O)CN(C)c1ccccc1N. The van der Waals surface area contributed by atoms with Crippen molar-refractivity contribution >= 4 is 11.4 Å². The molecule has 0 fully saturated rings. The molecule has 0 bridgehead atoms. The van der Waals surface area contributed by atoms with Crippen LogP contribution in [-0.2, 0) is 4.74 Å². The number of benzene rings is 1. The number of hydrogen-bond donors (Lipinski definition) is 2. The van der Waals surface area contributed by atoms with Crippen LogP contribution in [0.5, 0.6) is 0 Å². The van der Waals surface area contributed by atoms with Crippen LogP contribution in [0.4, 0.5) is 11.4 Å². The van der Waals surface area contributed by atoms with E-state index in [2.05, 4.69) is 0 Å². The van der Waals surface area contributed by atoms with Gasteiger partial charge in [-0.2, -0.15) is 0 Å². The van der Waals surface area contributed by atoms with E-state index in [-0.39, 0.29) is 0 Å². The summed E-state index contributed by atoms with van der Waals surface area (Å²) in [5.41, 5.74) is 7.45. The summed E-state index contributed by atoms with van der Waals surface area (Å²) in [6.45, 7) is 0.832. The molecule has 0 aliphatic rings. The highest BCUT2D eigenvalue weighted by molar-refractivity contribution is 5.66. The molecule has 1 atom stereocenters. The number of nitrogen functional groups attached to an aromatic ring is 1. The lowest BCUT2D eigenvalue weighted by molar-refractivity contribution is 0.0695. The highest BCUT2D eigenvalue weighted by Crippen LogP contribution is 2.20. The van der Waals surface area contributed by atoms with E-state index in [1.165, 1.54) is 0 Å². The highest BCUT2D eigenvalue weighted by Gasteiger charge is 2.09. The second-order valence-corrected chi connectivity index (χ2v) is 3.55. The van der Waals surface area contributed by atoms with E-state index in [9.17, 15) is 5.11 Å². The summed E-state index contributed by atoms with van der Waals surface area (Å²) in [5, 5.41) is 9.56. The van der Waals surface area contributed by atoms with Crippen LogP contribution in [0.3, 0.4) is 0 Å². The zero-order valence-corrected chi connectivity index (χ0v) is 9.18. The van der Waals surface area contributed by atoms with E-state index in [0.717, 1.165) is 5.69 Å². The fourth-order valence-corrected chi connectivity index (χ4v) is 1.49. The number of aliphatic hydroxyl groups excluding tert-OH is 1. The third-order valence-electron chi connectivity index (χ3n) is 2.19. The summed E-state index contributed by atoms with van der Waals surface area (Å²) in [4.78, 5) is 1.92. The lowest BCUT2D eigenvalue weighted by Crippen LogP contribution is -2.32. The molecule has 0 saturated carbocycles. The normalized spacial score (nSPS) is 12.5. The third kappa shape index (κ3) is 3.42. The molecule has 1 unspecified atom stereocenters. The van der Waals surface area contributed by atoms with Gasteiger partial charge in [0.1, 0.15) is 0 Å². The Morgan fingerprint density at radius 1 is 1.47 bits per heavy atom. The largest absolute Gasteiger partial charge is 0.397 e. The van der Waals surface area contributed by atoms with Gasteiger partial charge in [-0.25, -0.2) is 0 Å². The average molecular weight is 210 g/mol. The maximum absolute atomic E-state index is 9.56. The molecule has 84 valence electrons. The molecule has 15 heavy (non-hydrogen) atoms. The molecule has 0 aliphatic carbocycles. The predicted octanol–water partition coefficient (Wildman–Crippen LogP) is 0.712. The summed E-state index contributed by atoms with van der Waals surface area (Å²) in [6, 6.07) is 7.58. The molecule has 1 aromatic carbocycles. The van der Waals surface area contributed by atoms with E-state index < -0.39 is 6.10 Å². The van der Waals surface area contributed by atoms with Crippen LogP contribution in [-0.4, -0.2) is 38.5 Å². The molecule has 0 aromatic heterocycles. The molecule has 0 saturated heterocycles. The molecule has 0 amide bonds. The number of hydrogen-bond acceptors (Lipinski definition) is 4. The third-order valence-corrected chi connectivity index (χ3v) is 2.19. The molecule has 3 N–H and O–H groups in total. The summed E-state index contributed by atoms with van der Waals surface area (Å²) in [6.07, 6.45) is -0.500. The number of aliphatic hydroxyl groups is 1. The van der Waals surface area contributed by atoms with Crippen molar-refractivity contribution in [3.63, 3.8) is 0 Å². The zero-order chi connectivity index (χ0) is 11.3. The quantitative estimate of drug-likeness (QED) is 0.703. The lowest BCUT2D eigenvalue weighted by Gasteiger charge is -2.23. The summed E-state index contributed by atoms with van der Waals surface area (Å²) >= 11 is 0. The van der Waals surface area contributed by atoms with Crippen molar-refractivity contribution in [2.75, 3.05) is 37.9 Å². The van der Waals surface area contributed by atoms with Crippen LogP contribution in [0.25, 0.3) is 0 Å². The van der Waals surface area contributed by atoms with Crippen LogP contribution in [0.1, 0.15) is 0 Å². The first kappa shape index (κ1) is 11.8. The van der Waals surface area contributed by atoms with E-state index in [0.29, 0.717) is 18.8 Å². The molecule has 4 nitrogen and oxygen atoms in total. The van der Waals surface area contributed by atoms with E-state index >= 15 is 0 Å². The van der Waals surface area contributed by atoms with Gasteiger partial charge in [0.25, 0.3) is 0 Å². The van der Waals surface area contributed by atoms with Gasteiger partial charge in [0.2, 0.25) is 0 Å². The Balaban J connectivity index is 2.61. The van der Waals surface area contributed by atoms with E-state index in [1.807, 2.05) is 36.2 Å². The van der Waals surface area contributed by atoms with Crippen LogP contribution >= 0.6 is 0 Å². The van der Waals surface area contributed by atoms with E-state index in [1.54, 1.807) is 7.11 Å². The topological polar surface area (TPSA) is 58.7 Å². The number of rotatable bonds is 5. The highest BCUT2D eigenvalue weighted by atomic mass is 16.5. The minimum atomic E-state index is -0.500. The van der Waals surface area contributed by atoms with Gasteiger partial charge in [-0.3, -0.25) is 0 Å². The second kappa shape index (κ2) is 5.58. The number of methoxy groups -OCH3 is 1. The number of para-hydroxylation sites is 2. The standard InChI is InChI=1S/C11H18N2O2/c1-13(7-9(14)8-15-2)11-6-4-3-5-10(11)12/h3-6,9,14H,7-8,12H2,1-2H3. The Kier molecular flexibility index (Phi) is 4.39. The van der Waals surface area contributed by atoms with Gasteiger partial charge in [-0.1, -0.05) is 12.1 Å². The van der Waals surface area contributed by atoms with Crippen molar-refractivity contribution in [3.8, 4) is 0 Å². The number of nitrogens with zero attached hydrogens (tertiary/aromatic N) is 1. The molecule has 1 rings (SSSR count). The van der Waals surface area contributed by atoms with Crippen molar-refractivity contribution in [3.05, 3.63) is 24.3 Å². The van der Waals surface area contributed by atoms with Gasteiger partial charge in [0.15, 0.2) is 0 Å². The minimum absolute atomic E-state index is 0.330. The molecule has 0 heterocycles. The zero-order valence-electron chi connectivity index (χ0n) is 9.18. The summed E-state index contributed by atoms with van der Waals surface area (Å²) < 4.78 is 4.86. The van der Waals surface area contributed by atoms with Crippen molar-refractivity contribution in [2.45, 2.75) is 6.10 Å². The van der Waals surface area contributed by atoms with Crippen molar-refractivity contribution in [1.29, 1.82) is 0 Å². The molecule has 0 radical (unpaired) electrons. The van der Waals surface area contributed by atoms with Gasteiger partial charge >= 0.3 is 0 Å². The summed E-state index contributed by atoms with van der Waals surface area (Å²) in [5.74, 6) is 0. The molecule has 1 aromatic rings. The molecule has 4 heteroatoms. The maximum atomic E-state index is 9.56. The fraction of sp³-hybridized carbons (Fsp3) is 0.455. The molecular formula is C11H18N2O2. The first-order valence-corrected chi connectivity index (χ1v) is 4.87. The van der Waals surface area contributed by atoms with Crippen LogP contribution in [0.15, 0.2) is 24.3 Å². The Labute approximate surface area is 90.3 Å². The van der Waals surface area contributed by atoms with Crippen LogP contribution < -0.4 is 10.6 Å². The predicted molar refractivity (Wildman–Crippen MR) is 62.0 cm³/mol. The van der Waals surface area contributed by atoms with E-state index in [4.69, 9.17) is 10.5 Å². The molecular weight excluding hydrogens is 192 g/mol. The molecule has 0 aliphatic heterocycles. The van der Waals surface area contributed by atoms with Gasteiger partial charge in [0, 0.05) is 20.7 Å².